The Morgan fingerprint density at radius 1 is 0.885 bits per heavy atom. The van der Waals surface area contributed by atoms with Gasteiger partial charge in [-0.25, -0.2) is 15.0 Å². The average molecular weight is 353 g/mol. The molecule has 0 spiro atoms. The van der Waals surface area contributed by atoms with E-state index in [2.05, 4.69) is 27.9 Å². The molecule has 0 aromatic carbocycles. The van der Waals surface area contributed by atoms with Gasteiger partial charge in [0.25, 0.3) is 5.91 Å². The minimum atomic E-state index is -0.0502. The summed E-state index contributed by atoms with van der Waals surface area (Å²) >= 11 is 0. The summed E-state index contributed by atoms with van der Waals surface area (Å²) in [5.41, 5.74) is 2.71. The van der Waals surface area contributed by atoms with Crippen molar-refractivity contribution in [3.05, 3.63) is 23.1 Å². The Hall–Kier alpha value is -2.24. The van der Waals surface area contributed by atoms with Crippen LogP contribution in [0.15, 0.2) is 6.07 Å². The maximum Gasteiger partial charge on any atom is 0.291 e. The molecule has 2 aromatic rings. The van der Waals surface area contributed by atoms with E-state index in [1.807, 2.05) is 11.8 Å². The van der Waals surface area contributed by atoms with Gasteiger partial charge in [0.1, 0.15) is 5.82 Å². The molecule has 0 atom stereocenters. The summed E-state index contributed by atoms with van der Waals surface area (Å²) in [6.45, 7) is 7.63. The zero-order valence-electron chi connectivity index (χ0n) is 15.8. The van der Waals surface area contributed by atoms with Crippen LogP contribution in [0.3, 0.4) is 0 Å². The molecule has 0 bridgehead atoms. The number of hydrogen-bond acceptors (Lipinski definition) is 5. The number of fused-ring (bicyclic) bond motifs is 1. The Labute approximate surface area is 154 Å². The Morgan fingerprint density at radius 3 is 2.23 bits per heavy atom. The smallest absolute Gasteiger partial charge is 0.291 e. The lowest BCUT2D eigenvalue weighted by atomic mass is 10.1. The Bertz CT molecular complexity index is 823. The van der Waals surface area contributed by atoms with E-state index in [1.54, 1.807) is 0 Å². The van der Waals surface area contributed by atoms with Crippen LogP contribution in [0.1, 0.15) is 60.4 Å². The first-order chi connectivity index (χ1) is 12.6. The van der Waals surface area contributed by atoms with E-state index in [0.717, 1.165) is 61.5 Å². The predicted molar refractivity (Wildman–Crippen MR) is 103 cm³/mol. The number of piperidine rings is 2. The Morgan fingerprint density at radius 2 is 1.54 bits per heavy atom. The van der Waals surface area contributed by atoms with Crippen molar-refractivity contribution in [1.29, 1.82) is 0 Å². The van der Waals surface area contributed by atoms with Crippen LogP contribution in [0.25, 0.3) is 11.0 Å². The van der Waals surface area contributed by atoms with Crippen molar-refractivity contribution in [2.24, 2.45) is 0 Å². The topological polar surface area (TPSA) is 62.2 Å². The molecule has 6 heteroatoms. The summed E-state index contributed by atoms with van der Waals surface area (Å²) in [6.07, 6.45) is 6.92. The number of nitrogens with zero attached hydrogens (tertiary/aromatic N) is 5. The van der Waals surface area contributed by atoms with Gasteiger partial charge >= 0.3 is 0 Å². The molecule has 2 aromatic heterocycles. The van der Waals surface area contributed by atoms with Crippen LogP contribution in [0.2, 0.25) is 0 Å². The van der Waals surface area contributed by atoms with Crippen molar-refractivity contribution in [1.82, 2.24) is 19.9 Å². The third kappa shape index (κ3) is 3.24. The maximum absolute atomic E-state index is 13.0. The number of anilines is 1. The van der Waals surface area contributed by atoms with E-state index in [4.69, 9.17) is 4.98 Å². The fourth-order valence-electron chi connectivity index (χ4n) is 4.12. The fourth-order valence-corrected chi connectivity index (χ4v) is 4.12. The molecule has 0 aliphatic carbocycles. The van der Waals surface area contributed by atoms with Crippen LogP contribution < -0.4 is 4.90 Å². The van der Waals surface area contributed by atoms with Gasteiger partial charge in [0.15, 0.2) is 5.65 Å². The van der Waals surface area contributed by atoms with Gasteiger partial charge in [-0.05, 0) is 64.0 Å². The number of hydrogen-bond donors (Lipinski definition) is 0. The standard InChI is InChI=1S/C20H27N5O/c1-14-13-15(2)21-17-16(14)19(24-9-5-3-6-10-24)23-18(22-17)20(26)25-11-7-4-8-12-25/h13H,3-12H2,1-2H3. The Kier molecular flexibility index (Phi) is 4.74. The first-order valence-electron chi connectivity index (χ1n) is 9.84. The molecular formula is C20H27N5O. The van der Waals surface area contributed by atoms with E-state index in [0.29, 0.717) is 11.5 Å². The minimum Gasteiger partial charge on any atom is -0.356 e. The largest absolute Gasteiger partial charge is 0.356 e. The van der Waals surface area contributed by atoms with Gasteiger partial charge in [0.2, 0.25) is 5.82 Å². The van der Waals surface area contributed by atoms with Crippen LogP contribution in [-0.2, 0) is 0 Å². The van der Waals surface area contributed by atoms with Gasteiger partial charge in [0, 0.05) is 31.9 Å². The summed E-state index contributed by atoms with van der Waals surface area (Å²) in [7, 11) is 0. The van der Waals surface area contributed by atoms with E-state index in [1.165, 1.54) is 25.7 Å². The van der Waals surface area contributed by atoms with Crippen LogP contribution >= 0.6 is 0 Å². The predicted octanol–water partition coefficient (Wildman–Crippen LogP) is 3.26. The average Bonchev–Trinajstić information content (AvgIpc) is 2.67. The second-order valence-electron chi connectivity index (χ2n) is 7.55. The van der Waals surface area contributed by atoms with E-state index in [-0.39, 0.29) is 5.91 Å². The van der Waals surface area contributed by atoms with Crippen molar-refractivity contribution in [2.75, 3.05) is 31.1 Å². The highest BCUT2D eigenvalue weighted by Crippen LogP contribution is 2.29. The maximum atomic E-state index is 13.0. The highest BCUT2D eigenvalue weighted by atomic mass is 16.2. The number of rotatable bonds is 2. The third-order valence-corrected chi connectivity index (χ3v) is 5.46. The van der Waals surface area contributed by atoms with E-state index >= 15 is 0 Å². The number of pyridine rings is 1. The molecule has 138 valence electrons. The van der Waals surface area contributed by atoms with Crippen LogP contribution in [0.5, 0.6) is 0 Å². The highest BCUT2D eigenvalue weighted by Gasteiger charge is 2.25. The second kappa shape index (κ2) is 7.17. The quantitative estimate of drug-likeness (QED) is 0.829. The molecule has 6 nitrogen and oxygen atoms in total. The molecule has 26 heavy (non-hydrogen) atoms. The lowest BCUT2D eigenvalue weighted by Gasteiger charge is -2.30. The summed E-state index contributed by atoms with van der Waals surface area (Å²) in [5.74, 6) is 1.14. The first kappa shape index (κ1) is 17.2. The fraction of sp³-hybridized carbons (Fsp3) is 0.600. The van der Waals surface area contributed by atoms with Gasteiger partial charge in [0.05, 0.1) is 5.39 Å². The molecule has 2 aliphatic heterocycles. The number of carbonyl (C=O) groups is 1. The molecule has 0 unspecified atom stereocenters. The van der Waals surface area contributed by atoms with Gasteiger partial charge in [-0.15, -0.1) is 0 Å². The van der Waals surface area contributed by atoms with Gasteiger partial charge < -0.3 is 9.80 Å². The van der Waals surface area contributed by atoms with Crippen molar-refractivity contribution < 1.29 is 4.79 Å². The van der Waals surface area contributed by atoms with Gasteiger partial charge in [-0.3, -0.25) is 4.79 Å². The van der Waals surface area contributed by atoms with Crippen molar-refractivity contribution in [3.63, 3.8) is 0 Å². The summed E-state index contributed by atoms with van der Waals surface area (Å²) < 4.78 is 0. The highest BCUT2D eigenvalue weighted by molar-refractivity contribution is 5.96. The normalized spacial score (nSPS) is 18.4. The number of likely N-dealkylation sites (tertiary alicyclic amines) is 1. The number of amides is 1. The zero-order chi connectivity index (χ0) is 18.1. The summed E-state index contributed by atoms with van der Waals surface area (Å²) in [4.78, 5) is 31.2. The summed E-state index contributed by atoms with van der Waals surface area (Å²) in [5, 5.41) is 0.993. The number of carbonyl (C=O) groups excluding carboxylic acids is 1. The number of aryl methyl sites for hydroxylation is 2. The molecule has 4 heterocycles. The third-order valence-electron chi connectivity index (χ3n) is 5.46. The van der Waals surface area contributed by atoms with Crippen LogP contribution in [0, 0.1) is 13.8 Å². The van der Waals surface area contributed by atoms with Gasteiger partial charge in [-0.1, -0.05) is 0 Å². The number of aromatic nitrogens is 3. The lowest BCUT2D eigenvalue weighted by molar-refractivity contribution is 0.0712. The zero-order valence-corrected chi connectivity index (χ0v) is 15.8. The molecular weight excluding hydrogens is 326 g/mol. The molecule has 4 rings (SSSR count). The molecule has 2 fully saturated rings. The Balaban J connectivity index is 1.82. The minimum absolute atomic E-state index is 0.0502. The second-order valence-corrected chi connectivity index (χ2v) is 7.55. The first-order valence-corrected chi connectivity index (χ1v) is 9.84. The molecule has 0 saturated carbocycles. The van der Waals surface area contributed by atoms with E-state index in [9.17, 15) is 4.79 Å². The van der Waals surface area contributed by atoms with Gasteiger partial charge in [-0.2, -0.15) is 0 Å². The summed E-state index contributed by atoms with van der Waals surface area (Å²) in [6, 6.07) is 2.07. The molecule has 1 amide bonds. The van der Waals surface area contributed by atoms with Crippen molar-refractivity contribution >= 4 is 22.8 Å². The lowest BCUT2D eigenvalue weighted by Crippen LogP contribution is -2.37. The monoisotopic (exact) mass is 353 g/mol. The van der Waals surface area contributed by atoms with E-state index < -0.39 is 0 Å². The van der Waals surface area contributed by atoms with Crippen LogP contribution in [-0.4, -0.2) is 51.9 Å². The van der Waals surface area contributed by atoms with Crippen LogP contribution in [0.4, 0.5) is 5.82 Å². The molecule has 0 N–H and O–H groups in total. The molecule has 0 radical (unpaired) electrons. The molecule has 2 aliphatic rings. The molecule has 2 saturated heterocycles. The SMILES string of the molecule is Cc1cc(C)c2c(N3CCCCC3)nc(C(=O)N3CCCCC3)nc2n1. The van der Waals surface area contributed by atoms with Crippen molar-refractivity contribution in [2.45, 2.75) is 52.4 Å². The van der Waals surface area contributed by atoms with Crippen molar-refractivity contribution in [3.8, 4) is 0 Å².